The number of ether oxygens (including phenoxy) is 1. The van der Waals surface area contributed by atoms with Crippen LogP contribution in [-0.4, -0.2) is 18.0 Å². The van der Waals surface area contributed by atoms with E-state index in [2.05, 4.69) is 26.2 Å². The standard InChI is InChI=1S/C18H17BrN2O2/c1-10-4-5-12(8-15(10)19)20-18(22)17-11(2)14-7-6-13(23-3)9-16(14)21-17/h4-9,21H,1-3H3,(H,20,22). The van der Waals surface area contributed by atoms with Gasteiger partial charge in [0.2, 0.25) is 0 Å². The van der Waals surface area contributed by atoms with Crippen LogP contribution in [0.15, 0.2) is 40.9 Å². The van der Waals surface area contributed by atoms with Crippen LogP contribution in [0, 0.1) is 13.8 Å². The van der Waals surface area contributed by atoms with Crippen LogP contribution in [0.4, 0.5) is 5.69 Å². The number of fused-ring (bicyclic) bond motifs is 1. The Morgan fingerprint density at radius 1 is 1.17 bits per heavy atom. The number of aryl methyl sites for hydroxylation is 2. The Morgan fingerprint density at radius 2 is 1.96 bits per heavy atom. The van der Waals surface area contributed by atoms with Crippen LogP contribution in [-0.2, 0) is 0 Å². The fourth-order valence-corrected chi connectivity index (χ4v) is 2.91. The van der Waals surface area contributed by atoms with E-state index >= 15 is 0 Å². The molecule has 4 nitrogen and oxygen atoms in total. The number of rotatable bonds is 3. The minimum atomic E-state index is -0.159. The van der Waals surface area contributed by atoms with Gasteiger partial charge in [-0.15, -0.1) is 0 Å². The molecule has 1 heterocycles. The van der Waals surface area contributed by atoms with Crippen molar-refractivity contribution >= 4 is 38.4 Å². The first-order chi connectivity index (χ1) is 11.0. The number of nitrogens with one attached hydrogen (secondary N) is 2. The van der Waals surface area contributed by atoms with Gasteiger partial charge in [-0.2, -0.15) is 0 Å². The summed E-state index contributed by atoms with van der Waals surface area (Å²) >= 11 is 3.48. The predicted octanol–water partition coefficient (Wildman–Crippen LogP) is 4.81. The maximum atomic E-state index is 12.6. The molecule has 0 bridgehead atoms. The van der Waals surface area contributed by atoms with E-state index in [1.165, 1.54) is 0 Å². The van der Waals surface area contributed by atoms with Crippen LogP contribution in [0.1, 0.15) is 21.6 Å². The first-order valence-electron chi connectivity index (χ1n) is 7.23. The minimum absolute atomic E-state index is 0.159. The maximum absolute atomic E-state index is 12.6. The highest BCUT2D eigenvalue weighted by Crippen LogP contribution is 2.27. The van der Waals surface area contributed by atoms with Crippen molar-refractivity contribution in [3.8, 4) is 5.75 Å². The fourth-order valence-electron chi connectivity index (χ4n) is 2.54. The monoisotopic (exact) mass is 372 g/mol. The molecular formula is C18H17BrN2O2. The Bertz CT molecular complexity index is 899. The Balaban J connectivity index is 1.94. The number of halogens is 1. The van der Waals surface area contributed by atoms with Gasteiger partial charge in [-0.1, -0.05) is 22.0 Å². The lowest BCUT2D eigenvalue weighted by Crippen LogP contribution is -2.13. The van der Waals surface area contributed by atoms with Crippen molar-refractivity contribution in [3.05, 3.63) is 57.7 Å². The van der Waals surface area contributed by atoms with E-state index in [1.54, 1.807) is 7.11 Å². The van der Waals surface area contributed by atoms with Gasteiger partial charge < -0.3 is 15.0 Å². The third-order valence-electron chi connectivity index (χ3n) is 3.92. The number of benzene rings is 2. The second-order valence-electron chi connectivity index (χ2n) is 5.45. The summed E-state index contributed by atoms with van der Waals surface area (Å²) in [5.41, 5.74) is 4.24. The van der Waals surface area contributed by atoms with E-state index in [-0.39, 0.29) is 5.91 Å². The van der Waals surface area contributed by atoms with E-state index in [0.717, 1.165) is 37.9 Å². The molecule has 3 aromatic rings. The summed E-state index contributed by atoms with van der Waals surface area (Å²) in [6.45, 7) is 3.94. The highest BCUT2D eigenvalue weighted by atomic mass is 79.9. The largest absolute Gasteiger partial charge is 0.497 e. The smallest absolute Gasteiger partial charge is 0.272 e. The van der Waals surface area contributed by atoms with E-state index in [4.69, 9.17) is 4.74 Å². The lowest BCUT2D eigenvalue weighted by atomic mass is 10.1. The molecule has 5 heteroatoms. The number of hydrogen-bond acceptors (Lipinski definition) is 2. The molecule has 0 spiro atoms. The number of aromatic nitrogens is 1. The highest BCUT2D eigenvalue weighted by molar-refractivity contribution is 9.10. The van der Waals surface area contributed by atoms with Gasteiger partial charge in [-0.05, 0) is 49.2 Å². The normalized spacial score (nSPS) is 10.8. The predicted molar refractivity (Wildman–Crippen MR) is 96.4 cm³/mol. The van der Waals surface area contributed by atoms with Crippen LogP contribution >= 0.6 is 15.9 Å². The molecule has 3 rings (SSSR count). The number of carbonyl (C=O) groups is 1. The second-order valence-corrected chi connectivity index (χ2v) is 6.31. The molecule has 0 atom stereocenters. The SMILES string of the molecule is COc1ccc2c(C)c(C(=O)Nc3ccc(C)c(Br)c3)[nH]c2c1. The molecule has 1 amide bonds. The average molecular weight is 373 g/mol. The van der Waals surface area contributed by atoms with Crippen LogP contribution < -0.4 is 10.1 Å². The molecule has 118 valence electrons. The highest BCUT2D eigenvalue weighted by Gasteiger charge is 2.15. The van der Waals surface area contributed by atoms with Crippen LogP contribution in [0.25, 0.3) is 10.9 Å². The Kier molecular flexibility index (Phi) is 4.13. The van der Waals surface area contributed by atoms with Gasteiger partial charge in [0.25, 0.3) is 5.91 Å². The molecule has 0 unspecified atom stereocenters. The van der Waals surface area contributed by atoms with Gasteiger partial charge in [0, 0.05) is 27.1 Å². The topological polar surface area (TPSA) is 54.1 Å². The first-order valence-corrected chi connectivity index (χ1v) is 8.02. The Labute approximate surface area is 143 Å². The molecule has 0 saturated heterocycles. The van der Waals surface area contributed by atoms with Crippen LogP contribution in [0.5, 0.6) is 5.75 Å². The van der Waals surface area contributed by atoms with Gasteiger partial charge >= 0.3 is 0 Å². The molecule has 2 aromatic carbocycles. The lowest BCUT2D eigenvalue weighted by Gasteiger charge is -2.06. The van der Waals surface area contributed by atoms with Gasteiger partial charge in [-0.3, -0.25) is 4.79 Å². The van der Waals surface area contributed by atoms with E-state index in [0.29, 0.717) is 5.69 Å². The van der Waals surface area contributed by atoms with E-state index in [1.807, 2.05) is 50.2 Å². The molecule has 0 aliphatic carbocycles. The number of carbonyl (C=O) groups excluding carboxylic acids is 1. The molecular weight excluding hydrogens is 356 g/mol. The zero-order valence-electron chi connectivity index (χ0n) is 13.2. The summed E-state index contributed by atoms with van der Waals surface area (Å²) < 4.78 is 6.19. The van der Waals surface area contributed by atoms with Crippen molar-refractivity contribution in [3.63, 3.8) is 0 Å². The summed E-state index contributed by atoms with van der Waals surface area (Å²) in [5.74, 6) is 0.599. The molecule has 1 aromatic heterocycles. The van der Waals surface area contributed by atoms with E-state index in [9.17, 15) is 4.79 Å². The third kappa shape index (κ3) is 2.97. The van der Waals surface area contributed by atoms with Gasteiger partial charge in [0.05, 0.1) is 7.11 Å². The summed E-state index contributed by atoms with van der Waals surface area (Å²) in [5, 5.41) is 3.94. The minimum Gasteiger partial charge on any atom is -0.497 e. The summed E-state index contributed by atoms with van der Waals surface area (Å²) in [7, 11) is 1.62. The van der Waals surface area contributed by atoms with E-state index < -0.39 is 0 Å². The number of amides is 1. The van der Waals surface area contributed by atoms with Crippen molar-refractivity contribution in [1.29, 1.82) is 0 Å². The Morgan fingerprint density at radius 3 is 2.65 bits per heavy atom. The molecule has 0 saturated carbocycles. The average Bonchev–Trinajstić information content (AvgIpc) is 2.87. The number of aromatic amines is 1. The first kappa shape index (κ1) is 15.6. The number of H-pyrrole nitrogens is 1. The second kappa shape index (κ2) is 6.08. The Hall–Kier alpha value is -2.27. The van der Waals surface area contributed by atoms with Crippen molar-refractivity contribution in [1.82, 2.24) is 4.98 Å². The molecule has 0 aliphatic heterocycles. The van der Waals surface area contributed by atoms with Crippen molar-refractivity contribution in [2.45, 2.75) is 13.8 Å². The molecule has 2 N–H and O–H groups in total. The summed E-state index contributed by atoms with van der Waals surface area (Å²) in [4.78, 5) is 15.7. The van der Waals surface area contributed by atoms with Crippen LogP contribution in [0.3, 0.4) is 0 Å². The molecule has 0 fully saturated rings. The van der Waals surface area contributed by atoms with Gasteiger partial charge in [0.1, 0.15) is 11.4 Å². The van der Waals surface area contributed by atoms with Crippen LogP contribution in [0.2, 0.25) is 0 Å². The maximum Gasteiger partial charge on any atom is 0.272 e. The molecule has 0 aliphatic rings. The van der Waals surface area contributed by atoms with Crippen molar-refractivity contribution in [2.75, 3.05) is 12.4 Å². The van der Waals surface area contributed by atoms with Gasteiger partial charge in [0.15, 0.2) is 0 Å². The number of anilines is 1. The lowest BCUT2D eigenvalue weighted by molar-refractivity contribution is 0.102. The molecule has 0 radical (unpaired) electrons. The molecule has 23 heavy (non-hydrogen) atoms. The number of methoxy groups -OCH3 is 1. The quantitative estimate of drug-likeness (QED) is 0.692. The van der Waals surface area contributed by atoms with Gasteiger partial charge in [-0.25, -0.2) is 0 Å². The fraction of sp³-hybridized carbons (Fsp3) is 0.167. The van der Waals surface area contributed by atoms with Crippen molar-refractivity contribution in [2.24, 2.45) is 0 Å². The zero-order chi connectivity index (χ0) is 16.6. The summed E-state index contributed by atoms with van der Waals surface area (Å²) in [6, 6.07) is 11.5. The number of hydrogen-bond donors (Lipinski definition) is 2. The summed E-state index contributed by atoms with van der Waals surface area (Å²) in [6.07, 6.45) is 0. The third-order valence-corrected chi connectivity index (χ3v) is 4.78. The zero-order valence-corrected chi connectivity index (χ0v) is 14.7. The van der Waals surface area contributed by atoms with Crippen molar-refractivity contribution < 1.29 is 9.53 Å².